The maximum absolute atomic E-state index is 3.37. The Morgan fingerprint density at radius 3 is 3.31 bits per heavy atom. The summed E-state index contributed by atoms with van der Waals surface area (Å²) in [4.78, 5) is 3.37. The Kier molecular flexibility index (Phi) is 1.32. The van der Waals surface area contributed by atoms with Crippen molar-refractivity contribution in [3.63, 3.8) is 0 Å². The summed E-state index contributed by atoms with van der Waals surface area (Å²) < 4.78 is 0. The zero-order valence-electron chi connectivity index (χ0n) is 7.75. The van der Waals surface area contributed by atoms with Crippen molar-refractivity contribution in [2.24, 2.45) is 5.92 Å². The van der Waals surface area contributed by atoms with Crippen molar-refractivity contribution < 1.29 is 0 Å². The Morgan fingerprint density at radius 2 is 2.38 bits per heavy atom. The highest BCUT2D eigenvalue weighted by atomic mass is 14.7. The number of nitrogens with one attached hydrogen (secondary N) is 1. The molecule has 1 N–H and O–H groups in total. The zero-order valence-corrected chi connectivity index (χ0v) is 7.75. The molecule has 1 nitrogen and oxygen atoms in total. The number of fused-ring (bicyclic) bond motifs is 3. The molecule has 0 saturated carbocycles. The Labute approximate surface area is 78.2 Å². The number of allylic oxidation sites excluding steroid dienone is 4. The van der Waals surface area contributed by atoms with Crippen LogP contribution < -0.4 is 0 Å². The van der Waals surface area contributed by atoms with Gasteiger partial charge in [-0.2, -0.15) is 0 Å². The van der Waals surface area contributed by atoms with Gasteiger partial charge in [-0.15, -0.1) is 0 Å². The molecule has 1 heteroatoms. The first-order chi connectivity index (χ1) is 6.36. The van der Waals surface area contributed by atoms with Crippen molar-refractivity contribution >= 4 is 0 Å². The molecule has 13 heavy (non-hydrogen) atoms. The monoisotopic (exact) mass is 171 g/mol. The summed E-state index contributed by atoms with van der Waals surface area (Å²) in [6.45, 7) is 2.30. The van der Waals surface area contributed by atoms with Crippen LogP contribution in [-0.2, 0) is 6.42 Å². The van der Waals surface area contributed by atoms with Crippen LogP contribution in [0.25, 0.3) is 0 Å². The molecule has 0 amide bonds. The molecule has 2 aliphatic carbocycles. The Balaban J connectivity index is 2.14. The van der Waals surface area contributed by atoms with E-state index >= 15 is 0 Å². The van der Waals surface area contributed by atoms with Crippen LogP contribution in [0.2, 0.25) is 0 Å². The number of aromatic amines is 1. The highest BCUT2D eigenvalue weighted by molar-refractivity contribution is 5.46. The standard InChI is InChI=1S/C12H13N/c1-8-3-2-4-9-7-10-5-6-13-12(10)11(8)9/h2-6,8,11,13H,7H2,1H3. The van der Waals surface area contributed by atoms with E-state index in [-0.39, 0.29) is 0 Å². The maximum atomic E-state index is 3.37. The molecular formula is C12H13N. The van der Waals surface area contributed by atoms with Gasteiger partial charge in [0.25, 0.3) is 0 Å². The van der Waals surface area contributed by atoms with Gasteiger partial charge in [-0.3, -0.25) is 0 Å². The van der Waals surface area contributed by atoms with Gasteiger partial charge in [0.15, 0.2) is 0 Å². The molecule has 1 aromatic heterocycles. The van der Waals surface area contributed by atoms with Crippen LogP contribution in [-0.4, -0.2) is 4.98 Å². The molecule has 2 aliphatic rings. The van der Waals surface area contributed by atoms with Gasteiger partial charge in [-0.25, -0.2) is 0 Å². The van der Waals surface area contributed by atoms with Gasteiger partial charge in [-0.1, -0.05) is 30.7 Å². The molecular weight excluding hydrogens is 158 g/mol. The van der Waals surface area contributed by atoms with Gasteiger partial charge in [-0.05, 0) is 24.0 Å². The minimum absolute atomic E-state index is 0.634. The Morgan fingerprint density at radius 1 is 1.46 bits per heavy atom. The van der Waals surface area contributed by atoms with Crippen molar-refractivity contribution in [2.45, 2.75) is 19.3 Å². The van der Waals surface area contributed by atoms with E-state index in [4.69, 9.17) is 0 Å². The fraction of sp³-hybridized carbons (Fsp3) is 0.333. The van der Waals surface area contributed by atoms with Gasteiger partial charge < -0.3 is 4.98 Å². The maximum Gasteiger partial charge on any atom is 0.0269 e. The van der Waals surface area contributed by atoms with Gasteiger partial charge in [0, 0.05) is 17.8 Å². The van der Waals surface area contributed by atoms with Gasteiger partial charge in [0.1, 0.15) is 0 Å². The second-order valence-electron chi connectivity index (χ2n) is 4.06. The van der Waals surface area contributed by atoms with E-state index in [1.165, 1.54) is 11.3 Å². The highest BCUT2D eigenvalue weighted by Gasteiger charge is 2.32. The van der Waals surface area contributed by atoms with Gasteiger partial charge in [0.05, 0.1) is 0 Å². The lowest BCUT2D eigenvalue weighted by atomic mass is 9.85. The van der Waals surface area contributed by atoms with Crippen LogP contribution in [0.15, 0.2) is 36.1 Å². The average molecular weight is 171 g/mol. The molecule has 0 fully saturated rings. The molecule has 0 aromatic carbocycles. The summed E-state index contributed by atoms with van der Waals surface area (Å²) in [5.74, 6) is 1.29. The predicted molar refractivity (Wildman–Crippen MR) is 53.6 cm³/mol. The molecule has 0 radical (unpaired) electrons. The van der Waals surface area contributed by atoms with Crippen LogP contribution in [0.1, 0.15) is 24.1 Å². The highest BCUT2D eigenvalue weighted by Crippen LogP contribution is 2.43. The van der Waals surface area contributed by atoms with E-state index in [1.807, 2.05) is 0 Å². The third-order valence-corrected chi connectivity index (χ3v) is 3.23. The number of H-pyrrole nitrogens is 1. The molecule has 0 bridgehead atoms. The SMILES string of the molecule is CC1C=CC=C2Cc3cc[nH]c3C21. The molecule has 1 aromatic rings. The summed E-state index contributed by atoms with van der Waals surface area (Å²) in [5.41, 5.74) is 4.52. The first-order valence-electron chi connectivity index (χ1n) is 4.89. The first kappa shape index (κ1) is 7.19. The van der Waals surface area contributed by atoms with Crippen molar-refractivity contribution in [1.29, 1.82) is 0 Å². The van der Waals surface area contributed by atoms with Gasteiger partial charge >= 0.3 is 0 Å². The third-order valence-electron chi connectivity index (χ3n) is 3.23. The van der Waals surface area contributed by atoms with E-state index in [1.54, 1.807) is 5.57 Å². The van der Waals surface area contributed by atoms with E-state index in [0.29, 0.717) is 11.8 Å². The Hall–Kier alpha value is -1.24. The van der Waals surface area contributed by atoms with Crippen molar-refractivity contribution in [1.82, 2.24) is 4.98 Å². The lowest BCUT2D eigenvalue weighted by molar-refractivity contribution is 0.607. The van der Waals surface area contributed by atoms with E-state index < -0.39 is 0 Å². The van der Waals surface area contributed by atoms with Crippen LogP contribution in [0.3, 0.4) is 0 Å². The van der Waals surface area contributed by atoms with Gasteiger partial charge in [0.2, 0.25) is 0 Å². The number of rotatable bonds is 0. The zero-order chi connectivity index (χ0) is 8.84. The van der Waals surface area contributed by atoms with Crippen molar-refractivity contribution in [3.05, 3.63) is 47.3 Å². The summed E-state index contributed by atoms with van der Waals surface area (Å²) in [5, 5.41) is 0. The molecule has 0 aliphatic heterocycles. The molecule has 1 heterocycles. The van der Waals surface area contributed by atoms with Crippen LogP contribution in [0.5, 0.6) is 0 Å². The van der Waals surface area contributed by atoms with Crippen LogP contribution in [0, 0.1) is 5.92 Å². The first-order valence-corrected chi connectivity index (χ1v) is 4.89. The average Bonchev–Trinajstić information content (AvgIpc) is 2.62. The van der Waals surface area contributed by atoms with E-state index in [0.717, 1.165) is 6.42 Å². The Bertz CT molecular complexity index is 395. The van der Waals surface area contributed by atoms with Crippen molar-refractivity contribution in [3.8, 4) is 0 Å². The third kappa shape index (κ3) is 0.873. The minimum atomic E-state index is 0.634. The lowest BCUT2D eigenvalue weighted by Crippen LogP contribution is -2.09. The summed E-state index contributed by atoms with van der Waals surface area (Å²) in [6, 6.07) is 2.21. The predicted octanol–water partition coefficient (Wildman–Crippen LogP) is 2.79. The molecule has 66 valence electrons. The molecule has 0 spiro atoms. The van der Waals surface area contributed by atoms with Crippen molar-refractivity contribution in [2.75, 3.05) is 0 Å². The second kappa shape index (κ2) is 2.38. The number of hydrogen-bond acceptors (Lipinski definition) is 0. The molecule has 3 rings (SSSR count). The largest absolute Gasteiger partial charge is 0.364 e. The lowest BCUT2D eigenvalue weighted by Gasteiger charge is -2.20. The van der Waals surface area contributed by atoms with Crippen LogP contribution in [0.4, 0.5) is 0 Å². The fourth-order valence-electron chi connectivity index (χ4n) is 2.60. The number of hydrogen-bond donors (Lipinski definition) is 1. The summed E-state index contributed by atoms with van der Waals surface area (Å²) in [6.07, 6.45) is 9.98. The normalized spacial score (nSPS) is 29.8. The topological polar surface area (TPSA) is 15.8 Å². The summed E-state index contributed by atoms with van der Waals surface area (Å²) >= 11 is 0. The smallest absolute Gasteiger partial charge is 0.0269 e. The minimum Gasteiger partial charge on any atom is -0.364 e. The second-order valence-corrected chi connectivity index (χ2v) is 4.06. The molecule has 2 atom stereocenters. The molecule has 2 unspecified atom stereocenters. The fourth-order valence-corrected chi connectivity index (χ4v) is 2.60. The van der Waals surface area contributed by atoms with E-state index in [2.05, 4.69) is 42.4 Å². The number of aromatic nitrogens is 1. The quantitative estimate of drug-likeness (QED) is 0.617. The molecule has 0 saturated heterocycles. The van der Waals surface area contributed by atoms with Crippen LogP contribution >= 0.6 is 0 Å². The van der Waals surface area contributed by atoms with E-state index in [9.17, 15) is 0 Å². The summed E-state index contributed by atoms with van der Waals surface area (Å²) in [7, 11) is 0.